The van der Waals surface area contributed by atoms with Gasteiger partial charge in [0.1, 0.15) is 0 Å². The van der Waals surface area contributed by atoms with Crippen molar-refractivity contribution in [3.63, 3.8) is 0 Å². The monoisotopic (exact) mass is 378 g/mol. The molecular weight excluding hydrogens is 352 g/mol. The van der Waals surface area contributed by atoms with E-state index in [2.05, 4.69) is 6.92 Å². The highest BCUT2D eigenvalue weighted by molar-refractivity contribution is 6.12. The van der Waals surface area contributed by atoms with E-state index in [4.69, 9.17) is 4.84 Å². The summed E-state index contributed by atoms with van der Waals surface area (Å²) >= 11 is 0. The zero-order chi connectivity index (χ0) is 19.8. The van der Waals surface area contributed by atoms with Crippen LogP contribution in [0.1, 0.15) is 64.7 Å². The maximum Gasteiger partial charge on any atom is 0.333 e. The summed E-state index contributed by atoms with van der Waals surface area (Å²) in [5.74, 6) is -2.55. The van der Waals surface area contributed by atoms with E-state index in [1.807, 2.05) is 0 Å². The summed E-state index contributed by atoms with van der Waals surface area (Å²) in [6.07, 6.45) is 7.86. The molecule has 27 heavy (non-hydrogen) atoms. The third-order valence-corrected chi connectivity index (χ3v) is 4.71. The Bertz CT molecular complexity index is 624. The molecule has 8 nitrogen and oxygen atoms in total. The molecule has 0 aliphatic carbocycles. The summed E-state index contributed by atoms with van der Waals surface area (Å²) in [6, 6.07) is 0. The minimum absolute atomic E-state index is 0.0672. The van der Waals surface area contributed by atoms with Crippen LogP contribution in [0.3, 0.4) is 0 Å². The maximum atomic E-state index is 12.2. The van der Waals surface area contributed by atoms with Crippen molar-refractivity contribution >= 4 is 29.6 Å². The molecule has 0 aromatic heterocycles. The molecule has 0 radical (unpaired) electrons. The molecule has 2 heterocycles. The van der Waals surface area contributed by atoms with E-state index in [9.17, 15) is 24.0 Å². The molecule has 1 atom stereocenters. The Hall–Kier alpha value is -2.51. The summed E-state index contributed by atoms with van der Waals surface area (Å²) in [4.78, 5) is 64.9. The molecule has 2 aliphatic rings. The van der Waals surface area contributed by atoms with Gasteiger partial charge in [0.15, 0.2) is 0 Å². The van der Waals surface area contributed by atoms with Crippen LogP contribution in [0.2, 0.25) is 0 Å². The van der Waals surface area contributed by atoms with Crippen molar-refractivity contribution in [2.24, 2.45) is 5.92 Å². The minimum atomic E-state index is -0.624. The molecule has 0 aromatic carbocycles. The number of hydroxylamine groups is 2. The number of hydrogen-bond donors (Lipinski definition) is 0. The van der Waals surface area contributed by atoms with Gasteiger partial charge in [-0.3, -0.25) is 24.1 Å². The van der Waals surface area contributed by atoms with Crippen molar-refractivity contribution < 1.29 is 28.8 Å². The van der Waals surface area contributed by atoms with Crippen LogP contribution in [-0.4, -0.2) is 46.1 Å². The number of nitrogens with zero attached hydrogens (tertiary/aromatic N) is 2. The smallest absolute Gasteiger partial charge is 0.330 e. The molecule has 0 bridgehead atoms. The van der Waals surface area contributed by atoms with Crippen molar-refractivity contribution in [3.05, 3.63) is 12.2 Å². The fraction of sp³-hybridized carbons (Fsp3) is 0.632. The standard InChI is InChI=1S/C19H26N2O6/c1-2-3-5-8-14-13-17(24)21(19(14)26)27-18(25)9-6-4-7-12-20-15(22)10-11-16(20)23/h10-11,14H,2-9,12-13H2,1H3. The van der Waals surface area contributed by atoms with Crippen molar-refractivity contribution in [2.45, 2.75) is 64.7 Å². The van der Waals surface area contributed by atoms with Gasteiger partial charge in [0.05, 0.1) is 5.92 Å². The van der Waals surface area contributed by atoms with Crippen LogP contribution in [0.4, 0.5) is 0 Å². The highest BCUT2D eigenvalue weighted by atomic mass is 16.7. The van der Waals surface area contributed by atoms with Gasteiger partial charge in [-0.15, -0.1) is 5.06 Å². The second-order valence-electron chi connectivity index (χ2n) is 6.86. The van der Waals surface area contributed by atoms with E-state index in [1.54, 1.807) is 0 Å². The highest BCUT2D eigenvalue weighted by Crippen LogP contribution is 2.25. The molecular formula is C19H26N2O6. The first kappa shape index (κ1) is 20.8. The first-order valence-corrected chi connectivity index (χ1v) is 9.55. The fourth-order valence-electron chi connectivity index (χ4n) is 3.15. The van der Waals surface area contributed by atoms with Crippen molar-refractivity contribution in [3.8, 4) is 0 Å². The molecule has 0 aromatic rings. The summed E-state index contributed by atoms with van der Waals surface area (Å²) in [5, 5.41) is 0.617. The number of carbonyl (C=O) groups excluding carboxylic acids is 5. The lowest BCUT2D eigenvalue weighted by molar-refractivity contribution is -0.198. The van der Waals surface area contributed by atoms with Gasteiger partial charge in [0.25, 0.3) is 23.6 Å². The lowest BCUT2D eigenvalue weighted by Crippen LogP contribution is -2.33. The number of rotatable bonds is 11. The SMILES string of the molecule is CCCCCC1CC(=O)N(OC(=O)CCCCCN2C(=O)C=CC2=O)C1=O. The Morgan fingerprint density at radius 3 is 2.41 bits per heavy atom. The second kappa shape index (κ2) is 9.99. The highest BCUT2D eigenvalue weighted by Gasteiger charge is 2.40. The van der Waals surface area contributed by atoms with Crippen molar-refractivity contribution in [1.29, 1.82) is 0 Å². The second-order valence-corrected chi connectivity index (χ2v) is 6.86. The van der Waals surface area contributed by atoms with Crippen LogP contribution in [0.15, 0.2) is 12.2 Å². The zero-order valence-corrected chi connectivity index (χ0v) is 15.6. The predicted octanol–water partition coefficient (Wildman–Crippen LogP) is 1.89. The molecule has 2 aliphatic heterocycles. The van der Waals surface area contributed by atoms with Crippen LogP contribution >= 0.6 is 0 Å². The van der Waals surface area contributed by atoms with Crippen LogP contribution in [0.5, 0.6) is 0 Å². The quantitative estimate of drug-likeness (QED) is 0.402. The lowest BCUT2D eigenvalue weighted by Gasteiger charge is -2.14. The van der Waals surface area contributed by atoms with Crippen LogP contribution in [0, 0.1) is 5.92 Å². The van der Waals surface area contributed by atoms with Crippen molar-refractivity contribution in [2.75, 3.05) is 6.54 Å². The van der Waals surface area contributed by atoms with E-state index in [1.165, 1.54) is 12.2 Å². The van der Waals surface area contributed by atoms with E-state index < -0.39 is 17.8 Å². The first-order valence-electron chi connectivity index (χ1n) is 9.55. The lowest BCUT2D eigenvalue weighted by atomic mass is 10.00. The topological polar surface area (TPSA) is 101 Å². The van der Waals surface area contributed by atoms with Gasteiger partial charge in [-0.05, 0) is 19.3 Å². The number of unbranched alkanes of at least 4 members (excludes halogenated alkanes) is 4. The minimum Gasteiger partial charge on any atom is -0.330 e. The first-order chi connectivity index (χ1) is 12.9. The largest absolute Gasteiger partial charge is 0.333 e. The summed E-state index contributed by atoms with van der Waals surface area (Å²) in [7, 11) is 0. The normalized spacial score (nSPS) is 19.5. The fourth-order valence-corrected chi connectivity index (χ4v) is 3.15. The Balaban J connectivity index is 1.63. The van der Waals surface area contributed by atoms with Gasteiger partial charge in [-0.1, -0.05) is 32.6 Å². The van der Waals surface area contributed by atoms with Gasteiger partial charge < -0.3 is 4.84 Å². The molecule has 0 N–H and O–H groups in total. The number of amides is 4. The van der Waals surface area contributed by atoms with Gasteiger partial charge >= 0.3 is 5.97 Å². The van der Waals surface area contributed by atoms with E-state index >= 15 is 0 Å². The predicted molar refractivity (Wildman–Crippen MR) is 94.5 cm³/mol. The van der Waals surface area contributed by atoms with E-state index in [0.717, 1.165) is 24.2 Å². The van der Waals surface area contributed by atoms with Gasteiger partial charge in [-0.2, -0.15) is 0 Å². The Morgan fingerprint density at radius 2 is 1.74 bits per heavy atom. The molecule has 0 spiro atoms. The molecule has 8 heteroatoms. The summed E-state index contributed by atoms with van der Waals surface area (Å²) < 4.78 is 0. The van der Waals surface area contributed by atoms with E-state index in [0.29, 0.717) is 37.3 Å². The molecule has 2 rings (SSSR count). The van der Waals surface area contributed by atoms with Gasteiger partial charge in [-0.25, -0.2) is 4.79 Å². The Labute approximate surface area is 158 Å². The van der Waals surface area contributed by atoms with Gasteiger partial charge in [0, 0.05) is 31.5 Å². The Morgan fingerprint density at radius 1 is 1.04 bits per heavy atom. The average Bonchev–Trinajstić information content (AvgIpc) is 3.09. The molecule has 1 unspecified atom stereocenters. The van der Waals surface area contributed by atoms with Crippen LogP contribution in [-0.2, 0) is 28.8 Å². The van der Waals surface area contributed by atoms with E-state index in [-0.39, 0.29) is 30.6 Å². The molecule has 1 saturated heterocycles. The number of hydrogen-bond acceptors (Lipinski definition) is 6. The summed E-state index contributed by atoms with van der Waals surface area (Å²) in [5.41, 5.74) is 0. The van der Waals surface area contributed by atoms with Gasteiger partial charge in [0.2, 0.25) is 0 Å². The number of imide groups is 2. The van der Waals surface area contributed by atoms with Crippen molar-refractivity contribution in [1.82, 2.24) is 9.96 Å². The molecule has 1 fully saturated rings. The van der Waals surface area contributed by atoms with Crippen LogP contribution in [0.25, 0.3) is 0 Å². The molecule has 0 saturated carbocycles. The third kappa shape index (κ3) is 5.74. The number of carbonyl (C=O) groups is 5. The average molecular weight is 378 g/mol. The summed E-state index contributed by atoms with van der Waals surface area (Å²) in [6.45, 7) is 2.37. The third-order valence-electron chi connectivity index (χ3n) is 4.71. The Kier molecular flexibility index (Phi) is 7.69. The zero-order valence-electron chi connectivity index (χ0n) is 15.6. The van der Waals surface area contributed by atoms with Crippen LogP contribution < -0.4 is 0 Å². The molecule has 148 valence electrons. The maximum absolute atomic E-state index is 12.2. The molecule has 4 amide bonds.